The van der Waals surface area contributed by atoms with E-state index >= 15 is 0 Å². The molecule has 1 atom stereocenters. The van der Waals surface area contributed by atoms with E-state index in [9.17, 15) is 18.0 Å². The molecular weight excluding hydrogens is 606 g/mol. The summed E-state index contributed by atoms with van der Waals surface area (Å²) < 4.78 is 29.6. The molecule has 0 aromatic heterocycles. The van der Waals surface area contributed by atoms with Gasteiger partial charge in [-0.1, -0.05) is 77.8 Å². The van der Waals surface area contributed by atoms with E-state index in [1.54, 1.807) is 60.7 Å². The van der Waals surface area contributed by atoms with Gasteiger partial charge in [0.1, 0.15) is 12.6 Å². The molecule has 0 radical (unpaired) electrons. The molecule has 0 bridgehead atoms. The second kappa shape index (κ2) is 14.8. The number of carbonyl (C=O) groups is 2. The van der Waals surface area contributed by atoms with E-state index in [0.717, 1.165) is 32.1 Å². The Kier molecular flexibility index (Phi) is 11.1. The fourth-order valence-corrected chi connectivity index (χ4v) is 6.71. The first-order valence-electron chi connectivity index (χ1n) is 14.9. The van der Waals surface area contributed by atoms with Gasteiger partial charge in [0.15, 0.2) is 0 Å². The third kappa shape index (κ3) is 8.96. The van der Waals surface area contributed by atoms with Crippen LogP contribution in [0.3, 0.4) is 0 Å². The number of carbonyl (C=O) groups excluding carboxylic acids is 2. The van der Waals surface area contributed by atoms with Gasteiger partial charge in [-0.05, 0) is 93.3 Å². The van der Waals surface area contributed by atoms with Crippen molar-refractivity contribution in [2.45, 2.75) is 64.6 Å². The van der Waals surface area contributed by atoms with Crippen molar-refractivity contribution < 1.29 is 18.0 Å². The zero-order valence-corrected chi connectivity index (χ0v) is 27.9. The van der Waals surface area contributed by atoms with Crippen molar-refractivity contribution in [2.24, 2.45) is 0 Å². The van der Waals surface area contributed by atoms with Crippen molar-refractivity contribution >= 4 is 39.1 Å². The molecule has 0 aliphatic carbocycles. The highest BCUT2D eigenvalue weighted by Gasteiger charge is 2.35. The molecule has 7 nitrogen and oxygen atoms in total. The highest BCUT2D eigenvalue weighted by molar-refractivity contribution is 7.92. The van der Waals surface area contributed by atoms with E-state index in [1.165, 1.54) is 4.90 Å². The number of nitrogens with zero attached hydrogens (tertiary/aromatic N) is 2. The maximum atomic E-state index is 14.5. The van der Waals surface area contributed by atoms with Crippen LogP contribution in [0.4, 0.5) is 5.69 Å². The van der Waals surface area contributed by atoms with E-state index in [2.05, 4.69) is 5.32 Å². The number of aryl methyl sites for hydroxylation is 3. The fourth-order valence-electron chi connectivity index (χ4n) is 5.18. The predicted octanol–water partition coefficient (Wildman–Crippen LogP) is 6.63. The number of hydrogen-bond acceptors (Lipinski definition) is 4. The first-order chi connectivity index (χ1) is 21.3. The molecule has 0 aliphatic rings. The van der Waals surface area contributed by atoms with E-state index < -0.39 is 28.5 Å². The van der Waals surface area contributed by atoms with Crippen LogP contribution in [0.5, 0.6) is 0 Å². The van der Waals surface area contributed by atoms with Gasteiger partial charge in [-0.15, -0.1) is 0 Å². The van der Waals surface area contributed by atoms with Crippen LogP contribution in [0.25, 0.3) is 0 Å². The van der Waals surface area contributed by atoms with Crippen molar-refractivity contribution in [1.29, 1.82) is 0 Å². The number of amides is 2. The summed E-state index contributed by atoms with van der Waals surface area (Å²) in [4.78, 5) is 29.9. The van der Waals surface area contributed by atoms with Gasteiger partial charge in [0, 0.05) is 24.0 Å². The summed E-state index contributed by atoms with van der Waals surface area (Å²) >= 11 is 6.15. The largest absolute Gasteiger partial charge is 0.352 e. The molecule has 1 N–H and O–H groups in total. The van der Waals surface area contributed by atoms with Crippen LogP contribution in [0.1, 0.15) is 41.7 Å². The van der Waals surface area contributed by atoms with Crippen LogP contribution < -0.4 is 9.62 Å². The second-order valence-electron chi connectivity index (χ2n) is 11.7. The minimum absolute atomic E-state index is 0.0719. The molecule has 45 heavy (non-hydrogen) atoms. The Bertz CT molecular complexity index is 1700. The molecule has 4 aromatic carbocycles. The average molecular weight is 646 g/mol. The lowest BCUT2D eigenvalue weighted by Gasteiger charge is -2.34. The molecule has 0 aliphatic heterocycles. The van der Waals surface area contributed by atoms with Gasteiger partial charge in [-0.25, -0.2) is 8.42 Å². The van der Waals surface area contributed by atoms with Crippen molar-refractivity contribution in [3.63, 3.8) is 0 Å². The minimum atomic E-state index is -4.17. The predicted molar refractivity (Wildman–Crippen MR) is 181 cm³/mol. The van der Waals surface area contributed by atoms with E-state index in [-0.39, 0.29) is 29.8 Å². The lowest BCUT2D eigenvalue weighted by Crippen LogP contribution is -2.54. The Hall–Kier alpha value is -4.14. The Balaban J connectivity index is 1.82. The molecule has 0 fully saturated rings. The topological polar surface area (TPSA) is 86.8 Å². The Morgan fingerprint density at radius 2 is 1.38 bits per heavy atom. The summed E-state index contributed by atoms with van der Waals surface area (Å²) in [6, 6.07) is 27.4. The number of nitrogens with one attached hydrogen (secondary N) is 1. The zero-order chi connectivity index (χ0) is 32.7. The summed E-state index contributed by atoms with van der Waals surface area (Å²) in [6.45, 7) is 8.93. The SMILES string of the molecule is Cc1ccc(S(=O)(=O)N(CC(=O)N(Cc2ccc(Cl)cc2)[C@@H](Cc2ccccc2)C(=O)NC(C)C)c2cc(C)cc(C)c2)cc1. The quantitative estimate of drug-likeness (QED) is 0.188. The highest BCUT2D eigenvalue weighted by Crippen LogP contribution is 2.27. The maximum Gasteiger partial charge on any atom is 0.264 e. The first kappa shape index (κ1) is 33.7. The fraction of sp³-hybridized carbons (Fsp3) is 0.278. The van der Waals surface area contributed by atoms with Crippen LogP contribution in [-0.4, -0.2) is 43.8 Å². The normalized spacial score (nSPS) is 12.1. The number of benzene rings is 4. The number of sulfonamides is 1. The summed E-state index contributed by atoms with van der Waals surface area (Å²) in [7, 11) is -4.17. The molecule has 0 heterocycles. The molecule has 9 heteroatoms. The van der Waals surface area contributed by atoms with E-state index in [4.69, 9.17) is 11.6 Å². The van der Waals surface area contributed by atoms with Crippen LogP contribution in [-0.2, 0) is 32.6 Å². The second-order valence-corrected chi connectivity index (χ2v) is 14.0. The van der Waals surface area contributed by atoms with Gasteiger partial charge in [-0.2, -0.15) is 0 Å². The number of halogens is 1. The Labute approximate surface area is 271 Å². The molecule has 236 valence electrons. The summed E-state index contributed by atoms with van der Waals surface area (Å²) in [5.41, 5.74) is 4.63. The molecule has 0 saturated heterocycles. The van der Waals surface area contributed by atoms with Gasteiger partial charge in [0.25, 0.3) is 10.0 Å². The van der Waals surface area contributed by atoms with Crippen molar-refractivity contribution in [3.05, 3.63) is 130 Å². The lowest BCUT2D eigenvalue weighted by atomic mass is 10.0. The first-order valence-corrected chi connectivity index (χ1v) is 16.7. The monoisotopic (exact) mass is 645 g/mol. The van der Waals surface area contributed by atoms with Gasteiger partial charge in [0.2, 0.25) is 11.8 Å². The maximum absolute atomic E-state index is 14.5. The summed E-state index contributed by atoms with van der Waals surface area (Å²) in [5.74, 6) is -0.838. The third-order valence-electron chi connectivity index (χ3n) is 7.35. The number of anilines is 1. The van der Waals surface area contributed by atoms with E-state index in [1.807, 2.05) is 71.0 Å². The van der Waals surface area contributed by atoms with Crippen LogP contribution in [0.2, 0.25) is 5.02 Å². The van der Waals surface area contributed by atoms with Gasteiger partial charge < -0.3 is 10.2 Å². The van der Waals surface area contributed by atoms with Gasteiger partial charge in [0.05, 0.1) is 10.6 Å². The molecule has 0 spiro atoms. The minimum Gasteiger partial charge on any atom is -0.352 e. The van der Waals surface area contributed by atoms with Crippen LogP contribution in [0.15, 0.2) is 102 Å². The van der Waals surface area contributed by atoms with Gasteiger partial charge >= 0.3 is 0 Å². The van der Waals surface area contributed by atoms with Crippen molar-refractivity contribution in [1.82, 2.24) is 10.2 Å². The number of rotatable bonds is 12. The van der Waals surface area contributed by atoms with Crippen LogP contribution in [0, 0.1) is 20.8 Å². The van der Waals surface area contributed by atoms with Crippen molar-refractivity contribution in [2.75, 3.05) is 10.8 Å². The zero-order valence-electron chi connectivity index (χ0n) is 26.3. The molecule has 2 amide bonds. The molecule has 4 aromatic rings. The lowest BCUT2D eigenvalue weighted by molar-refractivity contribution is -0.140. The average Bonchev–Trinajstić information content (AvgIpc) is 2.98. The molecule has 0 saturated carbocycles. The number of hydrogen-bond donors (Lipinski definition) is 1. The van der Waals surface area contributed by atoms with Crippen LogP contribution >= 0.6 is 11.6 Å². The highest BCUT2D eigenvalue weighted by atomic mass is 35.5. The van der Waals surface area contributed by atoms with Gasteiger partial charge in [-0.3, -0.25) is 13.9 Å². The van der Waals surface area contributed by atoms with E-state index in [0.29, 0.717) is 10.7 Å². The Morgan fingerprint density at radius 1 is 0.778 bits per heavy atom. The molecular formula is C36H40ClN3O4S. The third-order valence-corrected chi connectivity index (χ3v) is 9.39. The standard InChI is InChI=1S/C36H40ClN3O4S/c1-25(2)38-36(42)34(22-29-9-7-6-8-10-29)39(23-30-13-15-31(37)16-14-30)35(41)24-40(32-20-27(4)19-28(5)21-32)45(43,44)33-17-11-26(3)12-18-33/h6-21,25,34H,22-24H2,1-5H3,(H,38,42)/t34-/m0/s1. The Morgan fingerprint density at radius 3 is 1.96 bits per heavy atom. The summed E-state index contributed by atoms with van der Waals surface area (Å²) in [6.07, 6.45) is 0.243. The van der Waals surface area contributed by atoms with Crippen molar-refractivity contribution in [3.8, 4) is 0 Å². The molecule has 0 unspecified atom stereocenters. The molecule has 4 rings (SSSR count). The smallest absolute Gasteiger partial charge is 0.264 e. The summed E-state index contributed by atoms with van der Waals surface area (Å²) in [5, 5.41) is 3.51.